The van der Waals surface area contributed by atoms with E-state index in [0.29, 0.717) is 0 Å². The number of fused-ring (bicyclic) bond motifs is 1. The molecule has 1 aromatic heterocycles. The number of anilines is 4. The molecular formula is C23H25N3. The van der Waals surface area contributed by atoms with Crippen molar-refractivity contribution in [2.75, 3.05) is 16.5 Å². The van der Waals surface area contributed by atoms with Crippen LogP contribution in [-0.4, -0.2) is 11.7 Å². The molecule has 3 heteroatoms. The lowest BCUT2D eigenvalue weighted by Crippen LogP contribution is -2.25. The number of hydrogen-bond donors (Lipinski definition) is 0. The van der Waals surface area contributed by atoms with Gasteiger partial charge in [0, 0.05) is 17.6 Å². The molecule has 0 fully saturated rings. The number of nitrogens with zero attached hydrogens (tertiary/aromatic N) is 3. The predicted molar refractivity (Wildman–Crippen MR) is 110 cm³/mol. The normalized spacial score (nSPS) is 13.8. The number of aryl methyl sites for hydroxylation is 1. The zero-order valence-corrected chi connectivity index (χ0v) is 15.9. The summed E-state index contributed by atoms with van der Waals surface area (Å²) >= 11 is 0. The van der Waals surface area contributed by atoms with Crippen LogP contribution in [0.15, 0.2) is 66.9 Å². The van der Waals surface area contributed by atoms with Crippen molar-refractivity contribution in [1.82, 2.24) is 4.98 Å². The number of pyridine rings is 1. The highest BCUT2D eigenvalue weighted by atomic mass is 15.4. The third-order valence-electron chi connectivity index (χ3n) is 5.03. The molecule has 0 saturated heterocycles. The Morgan fingerprint density at radius 2 is 1.62 bits per heavy atom. The maximum Gasteiger partial charge on any atom is 0.158 e. The molecule has 0 bridgehead atoms. The number of para-hydroxylation sites is 1. The van der Waals surface area contributed by atoms with E-state index in [1.807, 2.05) is 12.3 Å². The van der Waals surface area contributed by atoms with Crippen molar-refractivity contribution in [3.8, 4) is 0 Å². The average Bonchev–Trinajstić information content (AvgIpc) is 3.01. The van der Waals surface area contributed by atoms with Gasteiger partial charge < -0.3 is 9.80 Å². The number of benzene rings is 2. The molecule has 0 saturated carbocycles. The summed E-state index contributed by atoms with van der Waals surface area (Å²) in [5, 5.41) is 0. The van der Waals surface area contributed by atoms with E-state index in [2.05, 4.69) is 92.1 Å². The van der Waals surface area contributed by atoms with Gasteiger partial charge in [0.25, 0.3) is 0 Å². The molecule has 0 unspecified atom stereocenters. The second-order valence-electron chi connectivity index (χ2n) is 7.93. The van der Waals surface area contributed by atoms with Gasteiger partial charge in [0.15, 0.2) is 5.82 Å². The molecule has 0 atom stereocenters. The summed E-state index contributed by atoms with van der Waals surface area (Å²) in [7, 11) is 0. The van der Waals surface area contributed by atoms with Crippen molar-refractivity contribution in [2.45, 2.75) is 33.1 Å². The van der Waals surface area contributed by atoms with E-state index in [1.165, 1.54) is 22.5 Å². The zero-order valence-electron chi connectivity index (χ0n) is 15.9. The molecule has 4 rings (SSSR count). The van der Waals surface area contributed by atoms with Gasteiger partial charge in [-0.25, -0.2) is 4.98 Å². The Morgan fingerprint density at radius 3 is 2.38 bits per heavy atom. The minimum Gasteiger partial charge on any atom is -0.319 e. The second kappa shape index (κ2) is 6.17. The Labute approximate surface area is 155 Å². The fourth-order valence-electron chi connectivity index (χ4n) is 3.51. The molecule has 3 aromatic rings. The van der Waals surface area contributed by atoms with Crippen LogP contribution in [0.25, 0.3) is 0 Å². The Kier molecular flexibility index (Phi) is 3.95. The molecule has 132 valence electrons. The molecule has 0 aliphatic carbocycles. The van der Waals surface area contributed by atoms with Crippen molar-refractivity contribution >= 4 is 22.9 Å². The fraction of sp³-hybridized carbons (Fsp3) is 0.261. The maximum atomic E-state index is 4.70. The Balaban J connectivity index is 1.79. The Morgan fingerprint density at radius 1 is 0.846 bits per heavy atom. The third kappa shape index (κ3) is 2.84. The van der Waals surface area contributed by atoms with E-state index in [9.17, 15) is 0 Å². The molecule has 2 aromatic carbocycles. The van der Waals surface area contributed by atoms with Gasteiger partial charge in [0.1, 0.15) is 6.67 Å². The van der Waals surface area contributed by atoms with E-state index in [1.54, 1.807) is 0 Å². The predicted octanol–water partition coefficient (Wildman–Crippen LogP) is 5.93. The smallest absolute Gasteiger partial charge is 0.158 e. The third-order valence-corrected chi connectivity index (χ3v) is 5.03. The van der Waals surface area contributed by atoms with Crippen LogP contribution < -0.4 is 9.80 Å². The van der Waals surface area contributed by atoms with E-state index in [4.69, 9.17) is 4.98 Å². The quantitative estimate of drug-likeness (QED) is 0.574. The topological polar surface area (TPSA) is 19.4 Å². The number of aromatic nitrogens is 1. The van der Waals surface area contributed by atoms with Gasteiger partial charge >= 0.3 is 0 Å². The lowest BCUT2D eigenvalue weighted by atomic mass is 9.87. The largest absolute Gasteiger partial charge is 0.319 e. The van der Waals surface area contributed by atoms with E-state index >= 15 is 0 Å². The molecule has 1 aliphatic rings. The second-order valence-corrected chi connectivity index (χ2v) is 7.93. The first-order valence-corrected chi connectivity index (χ1v) is 9.11. The van der Waals surface area contributed by atoms with Gasteiger partial charge in [-0.2, -0.15) is 0 Å². The van der Waals surface area contributed by atoms with Gasteiger partial charge in [0.05, 0.1) is 5.69 Å². The first kappa shape index (κ1) is 16.6. The summed E-state index contributed by atoms with van der Waals surface area (Å²) < 4.78 is 0. The first-order valence-electron chi connectivity index (χ1n) is 9.11. The van der Waals surface area contributed by atoms with Crippen LogP contribution in [0.5, 0.6) is 0 Å². The van der Waals surface area contributed by atoms with E-state index < -0.39 is 0 Å². The molecule has 3 nitrogen and oxygen atoms in total. The highest BCUT2D eigenvalue weighted by molar-refractivity contribution is 5.85. The van der Waals surface area contributed by atoms with Gasteiger partial charge in [-0.05, 0) is 53.8 Å². The average molecular weight is 343 g/mol. The summed E-state index contributed by atoms with van der Waals surface area (Å²) in [6, 6.07) is 21.5. The molecule has 0 radical (unpaired) electrons. The van der Waals surface area contributed by atoms with Gasteiger partial charge in [0.2, 0.25) is 0 Å². The first-order chi connectivity index (χ1) is 12.4. The summed E-state index contributed by atoms with van der Waals surface area (Å²) in [6.45, 7) is 9.69. The monoisotopic (exact) mass is 343 g/mol. The van der Waals surface area contributed by atoms with Crippen molar-refractivity contribution < 1.29 is 0 Å². The van der Waals surface area contributed by atoms with E-state index in [0.717, 1.165) is 18.2 Å². The highest BCUT2D eigenvalue weighted by Gasteiger charge is 2.30. The minimum absolute atomic E-state index is 0.123. The van der Waals surface area contributed by atoms with Gasteiger partial charge in [-0.15, -0.1) is 0 Å². The van der Waals surface area contributed by atoms with Crippen molar-refractivity contribution in [3.63, 3.8) is 0 Å². The summed E-state index contributed by atoms with van der Waals surface area (Å²) in [5.74, 6) is 1.02. The van der Waals surface area contributed by atoms with Crippen LogP contribution >= 0.6 is 0 Å². The fourth-order valence-corrected chi connectivity index (χ4v) is 3.51. The van der Waals surface area contributed by atoms with Gasteiger partial charge in [-0.1, -0.05) is 51.1 Å². The van der Waals surface area contributed by atoms with Crippen molar-refractivity contribution in [2.24, 2.45) is 0 Å². The maximum absolute atomic E-state index is 4.70. The van der Waals surface area contributed by atoms with Crippen LogP contribution in [0.2, 0.25) is 0 Å². The van der Waals surface area contributed by atoms with Crippen molar-refractivity contribution in [1.29, 1.82) is 0 Å². The van der Waals surface area contributed by atoms with Crippen LogP contribution in [-0.2, 0) is 5.41 Å². The van der Waals surface area contributed by atoms with Crippen LogP contribution in [0, 0.1) is 6.92 Å². The van der Waals surface area contributed by atoms with Crippen LogP contribution in [0.1, 0.15) is 31.9 Å². The standard InChI is InChI=1S/C23H25N3/c1-17-9-5-6-12-20(17)26-16-25(22-21(26)13-8-14-24-22)19-11-7-10-18(15-19)23(2,3)4/h5-15H,16H2,1-4H3. The number of rotatable bonds is 2. The Bertz CT molecular complexity index is 940. The number of hydrogen-bond acceptors (Lipinski definition) is 3. The molecule has 26 heavy (non-hydrogen) atoms. The summed E-state index contributed by atoms with van der Waals surface area (Å²) in [6.07, 6.45) is 1.88. The minimum atomic E-state index is 0.123. The SMILES string of the molecule is Cc1ccccc1N1CN(c2cccc(C(C)(C)C)c2)c2ncccc21. The summed E-state index contributed by atoms with van der Waals surface area (Å²) in [4.78, 5) is 9.35. The lowest BCUT2D eigenvalue weighted by Gasteiger charge is -2.25. The molecule has 1 aliphatic heterocycles. The summed E-state index contributed by atoms with van der Waals surface area (Å²) in [5.41, 5.74) is 6.31. The molecule has 0 spiro atoms. The van der Waals surface area contributed by atoms with Gasteiger partial charge in [-0.3, -0.25) is 0 Å². The Hall–Kier alpha value is -2.81. The van der Waals surface area contributed by atoms with Crippen LogP contribution in [0.3, 0.4) is 0 Å². The molecule has 2 heterocycles. The lowest BCUT2D eigenvalue weighted by molar-refractivity contribution is 0.590. The molecule has 0 amide bonds. The molecular weight excluding hydrogens is 318 g/mol. The zero-order chi connectivity index (χ0) is 18.3. The molecule has 0 N–H and O–H groups in total. The highest BCUT2D eigenvalue weighted by Crippen LogP contribution is 2.43. The van der Waals surface area contributed by atoms with Crippen LogP contribution in [0.4, 0.5) is 22.9 Å². The van der Waals surface area contributed by atoms with E-state index in [-0.39, 0.29) is 5.41 Å². The van der Waals surface area contributed by atoms with Crippen molar-refractivity contribution in [3.05, 3.63) is 78.0 Å².